The molecule has 0 saturated carbocycles. The van der Waals surface area contributed by atoms with E-state index >= 15 is 0 Å². The maximum absolute atomic E-state index is 2.50. The zero-order valence-electron chi connectivity index (χ0n) is 34.9. The quantitative estimate of drug-likeness (QED) is 0.123. The lowest BCUT2D eigenvalue weighted by Crippen LogP contribution is -1.93. The summed E-state index contributed by atoms with van der Waals surface area (Å²) in [6.07, 6.45) is 0. The molecule has 0 bridgehead atoms. The van der Waals surface area contributed by atoms with E-state index in [1.807, 2.05) is 0 Å². The Hall–Kier alpha value is -8.32. The highest BCUT2D eigenvalue weighted by Crippen LogP contribution is 2.50. The smallest absolute Gasteiger partial charge is 0.00199 e. The minimum Gasteiger partial charge on any atom is -0.0616 e. The Morgan fingerprint density at radius 3 is 0.875 bits per heavy atom. The van der Waals surface area contributed by atoms with Crippen LogP contribution in [0.2, 0.25) is 0 Å². The van der Waals surface area contributed by atoms with Crippen molar-refractivity contribution >= 4 is 108 Å². The van der Waals surface area contributed by atoms with Crippen molar-refractivity contribution in [3.63, 3.8) is 0 Å². The fraction of sp³-hybridized carbons (Fsp3) is 0. The SMILES string of the molecule is c1cc(-c2c3ccccc3c(-c3cc4c5ccccc5c5ccccc5c4c4ccccc34)c3ccccc23)cc(-c2cc3c4ccccc4c4ccccc4c3c3ccccc23)c1. The van der Waals surface area contributed by atoms with Crippen LogP contribution in [0.1, 0.15) is 0 Å². The van der Waals surface area contributed by atoms with Gasteiger partial charge in [0.15, 0.2) is 0 Å². The van der Waals surface area contributed by atoms with Crippen LogP contribution in [0.25, 0.3) is 141 Å². The van der Waals surface area contributed by atoms with E-state index in [0.717, 1.165) is 0 Å². The van der Waals surface area contributed by atoms with Crippen molar-refractivity contribution in [3.8, 4) is 33.4 Å². The van der Waals surface area contributed by atoms with E-state index < -0.39 is 0 Å². The molecule has 0 aliphatic heterocycles. The fourth-order valence-corrected chi connectivity index (χ4v) is 11.6. The zero-order chi connectivity index (χ0) is 41.9. The van der Waals surface area contributed by atoms with Crippen molar-refractivity contribution < 1.29 is 0 Å². The molecule has 0 saturated heterocycles. The summed E-state index contributed by atoms with van der Waals surface area (Å²) in [5.41, 5.74) is 7.48. The van der Waals surface area contributed by atoms with E-state index in [2.05, 4.69) is 231 Å². The first kappa shape index (κ1) is 35.3. The molecule has 0 aliphatic carbocycles. The van der Waals surface area contributed by atoms with Gasteiger partial charge in [0.2, 0.25) is 0 Å². The molecule has 14 aromatic carbocycles. The summed E-state index contributed by atoms with van der Waals surface area (Å²) in [6, 6.07) is 86.2. The predicted molar refractivity (Wildman–Crippen MR) is 278 cm³/mol. The highest BCUT2D eigenvalue weighted by Gasteiger charge is 2.22. The highest BCUT2D eigenvalue weighted by molar-refractivity contribution is 6.36. The minimum absolute atomic E-state index is 1.21. The Morgan fingerprint density at radius 1 is 0.156 bits per heavy atom. The van der Waals surface area contributed by atoms with Crippen molar-refractivity contribution in [2.24, 2.45) is 0 Å². The maximum atomic E-state index is 2.50. The molecule has 0 amide bonds. The summed E-state index contributed by atoms with van der Waals surface area (Å²) in [4.78, 5) is 0. The summed E-state index contributed by atoms with van der Waals surface area (Å²) in [7, 11) is 0. The molecule has 14 aromatic rings. The van der Waals surface area contributed by atoms with E-state index in [9.17, 15) is 0 Å². The standard InChI is InChI=1S/C64H38/c1-3-24-45-41(20-1)43-22-5-9-28-49(43)62-51-30-11-7-26-47(51)57(37-58(45)62)39-18-17-19-40(36-39)61-53-32-13-15-34-55(53)64(56-35-16-14-33-54(56)61)60-38-59-46-25-4-2-21-42(46)44-23-6-10-29-50(44)63(59)52-31-12-8-27-48(52)60/h1-38H. The van der Waals surface area contributed by atoms with Crippen molar-refractivity contribution in [2.75, 3.05) is 0 Å². The van der Waals surface area contributed by atoms with Gasteiger partial charge in [-0.05, 0) is 159 Å². The first-order valence-electron chi connectivity index (χ1n) is 22.3. The second kappa shape index (κ2) is 13.6. The van der Waals surface area contributed by atoms with Crippen LogP contribution in [0.4, 0.5) is 0 Å². The summed E-state index contributed by atoms with van der Waals surface area (Å²) in [5, 5.41) is 25.7. The number of hydrogen-bond acceptors (Lipinski definition) is 0. The van der Waals surface area contributed by atoms with Crippen molar-refractivity contribution in [1.29, 1.82) is 0 Å². The van der Waals surface area contributed by atoms with Crippen LogP contribution in [0.15, 0.2) is 231 Å². The monoisotopic (exact) mass is 806 g/mol. The molecule has 0 nitrogen and oxygen atoms in total. The van der Waals surface area contributed by atoms with Crippen LogP contribution in [0.5, 0.6) is 0 Å². The summed E-state index contributed by atoms with van der Waals surface area (Å²) in [6.45, 7) is 0. The molecule has 0 spiro atoms. The number of hydrogen-bond donors (Lipinski definition) is 0. The van der Waals surface area contributed by atoms with Crippen LogP contribution in [0, 0.1) is 0 Å². The molecule has 0 atom stereocenters. The van der Waals surface area contributed by atoms with Gasteiger partial charge >= 0.3 is 0 Å². The average molecular weight is 807 g/mol. The van der Waals surface area contributed by atoms with Crippen LogP contribution in [-0.4, -0.2) is 0 Å². The Bertz CT molecular complexity index is 4250. The van der Waals surface area contributed by atoms with E-state index in [1.165, 1.54) is 141 Å². The van der Waals surface area contributed by atoms with Gasteiger partial charge < -0.3 is 0 Å². The molecule has 64 heavy (non-hydrogen) atoms. The highest BCUT2D eigenvalue weighted by atomic mass is 14.2. The predicted octanol–water partition coefficient (Wildman–Crippen LogP) is 18.2. The normalized spacial score (nSPS) is 12.1. The summed E-state index contributed by atoms with van der Waals surface area (Å²) in [5.74, 6) is 0. The van der Waals surface area contributed by atoms with E-state index in [4.69, 9.17) is 0 Å². The Kier molecular flexibility index (Phi) is 7.49. The van der Waals surface area contributed by atoms with E-state index in [1.54, 1.807) is 0 Å². The fourth-order valence-electron chi connectivity index (χ4n) is 11.6. The van der Waals surface area contributed by atoms with Gasteiger partial charge in [-0.1, -0.05) is 212 Å². The lowest BCUT2D eigenvalue weighted by molar-refractivity contribution is 1.65. The Balaban J connectivity index is 1.06. The third-order valence-corrected chi connectivity index (χ3v) is 14.2. The molecule has 294 valence electrons. The van der Waals surface area contributed by atoms with Gasteiger partial charge in [-0.25, -0.2) is 0 Å². The third-order valence-electron chi connectivity index (χ3n) is 14.2. The molecule has 0 N–H and O–H groups in total. The number of rotatable bonds is 3. The van der Waals surface area contributed by atoms with Gasteiger partial charge in [-0.2, -0.15) is 0 Å². The van der Waals surface area contributed by atoms with Gasteiger partial charge in [-0.3, -0.25) is 0 Å². The molecule has 14 rings (SSSR count). The molecule has 0 unspecified atom stereocenters. The molecule has 0 heteroatoms. The lowest BCUT2D eigenvalue weighted by atomic mass is 9.82. The van der Waals surface area contributed by atoms with Crippen LogP contribution < -0.4 is 0 Å². The second-order valence-corrected chi connectivity index (χ2v) is 17.4. The molecule has 0 aromatic heterocycles. The molecule has 0 heterocycles. The average Bonchev–Trinajstić information content (AvgIpc) is 3.37. The number of fused-ring (bicyclic) bond motifs is 18. The Morgan fingerprint density at radius 2 is 0.438 bits per heavy atom. The van der Waals surface area contributed by atoms with Gasteiger partial charge in [0.25, 0.3) is 0 Å². The minimum atomic E-state index is 1.21. The largest absolute Gasteiger partial charge is 0.0616 e. The first-order valence-corrected chi connectivity index (χ1v) is 22.3. The maximum Gasteiger partial charge on any atom is -0.00199 e. The zero-order valence-corrected chi connectivity index (χ0v) is 34.9. The van der Waals surface area contributed by atoms with E-state index in [-0.39, 0.29) is 0 Å². The van der Waals surface area contributed by atoms with Crippen LogP contribution >= 0.6 is 0 Å². The van der Waals surface area contributed by atoms with Crippen molar-refractivity contribution in [1.82, 2.24) is 0 Å². The summed E-state index contributed by atoms with van der Waals surface area (Å²) >= 11 is 0. The third kappa shape index (κ3) is 4.94. The molecule has 0 radical (unpaired) electrons. The summed E-state index contributed by atoms with van der Waals surface area (Å²) < 4.78 is 0. The number of benzene rings is 14. The molecule has 0 aliphatic rings. The van der Waals surface area contributed by atoms with Gasteiger partial charge in [0.05, 0.1) is 0 Å². The van der Waals surface area contributed by atoms with Gasteiger partial charge in [-0.15, -0.1) is 0 Å². The molecular weight excluding hydrogens is 769 g/mol. The first-order chi connectivity index (χ1) is 31.8. The molecule has 0 fully saturated rings. The Labute approximate surface area is 369 Å². The molecular formula is C64H38. The topological polar surface area (TPSA) is 0 Å². The van der Waals surface area contributed by atoms with Crippen LogP contribution in [0.3, 0.4) is 0 Å². The van der Waals surface area contributed by atoms with E-state index in [0.29, 0.717) is 0 Å². The van der Waals surface area contributed by atoms with Crippen molar-refractivity contribution in [2.45, 2.75) is 0 Å². The second-order valence-electron chi connectivity index (χ2n) is 17.4. The van der Waals surface area contributed by atoms with Gasteiger partial charge in [0.1, 0.15) is 0 Å². The van der Waals surface area contributed by atoms with Crippen LogP contribution in [-0.2, 0) is 0 Å². The lowest BCUT2D eigenvalue weighted by Gasteiger charge is -2.21. The van der Waals surface area contributed by atoms with Gasteiger partial charge in [0, 0.05) is 0 Å². The van der Waals surface area contributed by atoms with Crippen molar-refractivity contribution in [3.05, 3.63) is 231 Å².